The number of hydrogen-bond acceptors (Lipinski definition) is 6. The van der Waals surface area contributed by atoms with Crippen molar-refractivity contribution >= 4 is 23.5 Å². The number of carbonyl (C=O) groups excluding carboxylic acids is 2. The molecule has 2 N–H and O–H groups in total. The predicted molar refractivity (Wildman–Crippen MR) is 154 cm³/mol. The Bertz CT molecular complexity index is 1170. The lowest BCUT2D eigenvalue weighted by Crippen LogP contribution is -2.21. The first-order valence-corrected chi connectivity index (χ1v) is 14.3. The Morgan fingerprint density at radius 3 is 2.58 bits per heavy atom. The number of anilines is 1. The summed E-state index contributed by atoms with van der Waals surface area (Å²) in [6, 6.07) is 12.0. The van der Waals surface area contributed by atoms with Crippen molar-refractivity contribution < 1.29 is 33.7 Å². The van der Waals surface area contributed by atoms with E-state index in [-0.39, 0.29) is 43.5 Å². The zero-order valence-electron chi connectivity index (χ0n) is 24.2. The van der Waals surface area contributed by atoms with Crippen molar-refractivity contribution in [2.24, 2.45) is 0 Å². The summed E-state index contributed by atoms with van der Waals surface area (Å²) in [7, 11) is 0. The van der Waals surface area contributed by atoms with Gasteiger partial charge >= 0.3 is 11.9 Å². The molecule has 1 aliphatic rings. The van der Waals surface area contributed by atoms with Gasteiger partial charge in [0.2, 0.25) is 12.7 Å². The van der Waals surface area contributed by atoms with Gasteiger partial charge in [-0.2, -0.15) is 0 Å². The minimum absolute atomic E-state index is 0.0142. The summed E-state index contributed by atoms with van der Waals surface area (Å²) in [4.78, 5) is 35.8. The van der Waals surface area contributed by atoms with Crippen LogP contribution >= 0.6 is 0 Å². The number of esters is 1. The summed E-state index contributed by atoms with van der Waals surface area (Å²) >= 11 is 0. The molecule has 40 heavy (non-hydrogen) atoms. The van der Waals surface area contributed by atoms with Gasteiger partial charge in [0.1, 0.15) is 0 Å². The van der Waals surface area contributed by atoms with Crippen molar-refractivity contribution in [2.75, 3.05) is 18.7 Å². The molecule has 0 fully saturated rings. The summed E-state index contributed by atoms with van der Waals surface area (Å²) in [6.45, 7) is 8.94. The number of para-hydroxylation sites is 1. The molecule has 0 aliphatic carbocycles. The molecule has 1 unspecified atom stereocenters. The Morgan fingerprint density at radius 1 is 1.05 bits per heavy atom. The smallest absolute Gasteiger partial charge is 0.306 e. The summed E-state index contributed by atoms with van der Waals surface area (Å²) < 4.78 is 16.5. The number of nitrogens with one attached hydrogen (secondary N) is 1. The van der Waals surface area contributed by atoms with Crippen molar-refractivity contribution in [3.63, 3.8) is 0 Å². The Kier molecular flexibility index (Phi) is 11.4. The van der Waals surface area contributed by atoms with Gasteiger partial charge in [0.25, 0.3) is 0 Å². The summed E-state index contributed by atoms with van der Waals surface area (Å²) in [5.41, 5.74) is 3.70. The van der Waals surface area contributed by atoms with Crippen molar-refractivity contribution in [3.05, 3.63) is 53.1 Å². The normalized spacial score (nSPS) is 13.1. The number of carboxylic acid groups (broad SMARTS) is 1. The molecule has 1 aliphatic heterocycles. The third-order valence-electron chi connectivity index (χ3n) is 7.04. The second-order valence-corrected chi connectivity index (χ2v) is 11.4. The summed E-state index contributed by atoms with van der Waals surface area (Å²) in [5, 5.41) is 11.9. The molecule has 8 nitrogen and oxygen atoms in total. The van der Waals surface area contributed by atoms with Crippen LogP contribution in [0.5, 0.6) is 11.5 Å². The molecule has 1 amide bonds. The standard InChI is InChI=1S/C32H43NO7/c1-5-6-7-11-23(24-12-8-13-27-31(24)40-21-39-27)20-28(34)33-26-19-22(14-15-25(26)32(2,3)4)10-9-18-38-30(37)17-16-29(35)36/h8,12-15,19,23H,5-7,9-11,16-18,20-21H2,1-4H3,(H,33,34)(H,35,36). The van der Waals surface area contributed by atoms with Crippen LogP contribution < -0.4 is 14.8 Å². The van der Waals surface area contributed by atoms with Gasteiger partial charge in [-0.15, -0.1) is 0 Å². The van der Waals surface area contributed by atoms with Crippen LogP contribution in [0.1, 0.15) is 102 Å². The molecular weight excluding hydrogens is 510 g/mol. The van der Waals surface area contributed by atoms with Gasteiger partial charge in [-0.25, -0.2) is 0 Å². The second-order valence-electron chi connectivity index (χ2n) is 11.4. The summed E-state index contributed by atoms with van der Waals surface area (Å²) in [5.74, 6) is -0.0828. The molecule has 0 spiro atoms. The largest absolute Gasteiger partial charge is 0.481 e. The number of aliphatic carboxylic acids is 1. The fraction of sp³-hybridized carbons (Fsp3) is 0.531. The van der Waals surface area contributed by atoms with Crippen LogP contribution in [0.3, 0.4) is 0 Å². The molecular formula is C32H43NO7. The van der Waals surface area contributed by atoms with Crippen LogP contribution in [0, 0.1) is 0 Å². The van der Waals surface area contributed by atoms with Crippen molar-refractivity contribution in [1.82, 2.24) is 0 Å². The first-order valence-electron chi connectivity index (χ1n) is 14.3. The highest BCUT2D eigenvalue weighted by Crippen LogP contribution is 2.42. The van der Waals surface area contributed by atoms with E-state index < -0.39 is 11.9 Å². The molecule has 8 heteroatoms. The molecule has 0 aromatic heterocycles. The first kappa shape index (κ1) is 31.0. The highest BCUT2D eigenvalue weighted by molar-refractivity contribution is 5.92. The second kappa shape index (κ2) is 14.7. The zero-order valence-corrected chi connectivity index (χ0v) is 24.2. The molecule has 218 valence electrons. The minimum Gasteiger partial charge on any atom is -0.481 e. The van der Waals surface area contributed by atoms with Crippen LogP contribution in [0.4, 0.5) is 5.69 Å². The molecule has 0 bridgehead atoms. The van der Waals surface area contributed by atoms with Crippen LogP contribution in [-0.4, -0.2) is 36.4 Å². The van der Waals surface area contributed by atoms with Crippen LogP contribution in [0.25, 0.3) is 0 Å². The van der Waals surface area contributed by atoms with Crippen molar-refractivity contribution in [3.8, 4) is 11.5 Å². The number of amides is 1. The third kappa shape index (κ3) is 9.28. The molecule has 1 atom stereocenters. The molecule has 0 radical (unpaired) electrons. The number of carbonyl (C=O) groups is 3. The molecule has 3 rings (SSSR count). The van der Waals surface area contributed by atoms with Gasteiger partial charge in [0.15, 0.2) is 11.5 Å². The zero-order chi connectivity index (χ0) is 29.1. The van der Waals surface area contributed by atoms with E-state index in [4.69, 9.17) is 19.3 Å². The highest BCUT2D eigenvalue weighted by Gasteiger charge is 2.26. The maximum Gasteiger partial charge on any atom is 0.306 e. The van der Waals surface area contributed by atoms with Crippen LogP contribution in [-0.2, 0) is 31.0 Å². The van der Waals surface area contributed by atoms with Gasteiger partial charge in [0, 0.05) is 17.7 Å². The summed E-state index contributed by atoms with van der Waals surface area (Å²) in [6.07, 6.45) is 5.36. The van der Waals surface area contributed by atoms with E-state index in [1.54, 1.807) is 0 Å². The average Bonchev–Trinajstić information content (AvgIpc) is 3.38. The average molecular weight is 554 g/mol. The quantitative estimate of drug-likeness (QED) is 0.185. The maximum absolute atomic E-state index is 13.5. The van der Waals surface area contributed by atoms with Crippen molar-refractivity contribution in [2.45, 2.75) is 96.8 Å². The van der Waals surface area contributed by atoms with E-state index in [0.717, 1.165) is 59.6 Å². The van der Waals surface area contributed by atoms with Gasteiger partial charge in [0.05, 0.1) is 19.4 Å². The molecule has 1 heterocycles. The highest BCUT2D eigenvalue weighted by atomic mass is 16.7. The van der Waals surface area contributed by atoms with E-state index in [9.17, 15) is 14.4 Å². The predicted octanol–water partition coefficient (Wildman–Crippen LogP) is 6.75. The third-order valence-corrected chi connectivity index (χ3v) is 7.04. The van der Waals surface area contributed by atoms with E-state index in [0.29, 0.717) is 19.3 Å². The Morgan fingerprint density at radius 2 is 1.85 bits per heavy atom. The topological polar surface area (TPSA) is 111 Å². The number of aryl methyl sites for hydroxylation is 1. The Balaban J connectivity index is 1.69. The number of carboxylic acids is 1. The lowest BCUT2D eigenvalue weighted by Gasteiger charge is -2.25. The fourth-order valence-corrected chi connectivity index (χ4v) is 4.96. The van der Waals surface area contributed by atoms with Gasteiger partial charge in [-0.1, -0.05) is 71.2 Å². The van der Waals surface area contributed by atoms with E-state index in [1.165, 1.54) is 0 Å². The number of hydrogen-bond donors (Lipinski definition) is 2. The van der Waals surface area contributed by atoms with Crippen LogP contribution in [0.2, 0.25) is 0 Å². The number of fused-ring (bicyclic) bond motifs is 1. The lowest BCUT2D eigenvalue weighted by molar-refractivity contribution is -0.147. The molecule has 2 aromatic carbocycles. The lowest BCUT2D eigenvalue weighted by atomic mass is 9.84. The SMILES string of the molecule is CCCCCC(CC(=O)Nc1cc(CCCOC(=O)CCC(=O)O)ccc1C(C)(C)C)c1cccc2c1OCO2. The Labute approximate surface area is 237 Å². The first-order chi connectivity index (χ1) is 19.1. The van der Waals surface area contributed by atoms with Crippen LogP contribution in [0.15, 0.2) is 36.4 Å². The van der Waals surface area contributed by atoms with E-state index >= 15 is 0 Å². The molecule has 2 aromatic rings. The van der Waals surface area contributed by atoms with Gasteiger partial charge in [-0.05, 0) is 53.9 Å². The van der Waals surface area contributed by atoms with E-state index in [2.05, 4.69) is 39.1 Å². The number of unbranched alkanes of at least 4 members (excludes halogenated alkanes) is 2. The Hall–Kier alpha value is -3.55. The van der Waals surface area contributed by atoms with E-state index in [1.807, 2.05) is 30.3 Å². The monoisotopic (exact) mass is 553 g/mol. The maximum atomic E-state index is 13.5. The minimum atomic E-state index is -1.02. The van der Waals surface area contributed by atoms with Gasteiger partial charge in [-0.3, -0.25) is 14.4 Å². The van der Waals surface area contributed by atoms with Gasteiger partial charge < -0.3 is 24.6 Å². The number of ether oxygens (including phenoxy) is 3. The number of benzene rings is 2. The number of rotatable bonds is 15. The molecule has 0 saturated carbocycles. The molecule has 0 saturated heterocycles. The van der Waals surface area contributed by atoms with Crippen molar-refractivity contribution in [1.29, 1.82) is 0 Å². The fourth-order valence-electron chi connectivity index (χ4n) is 4.96.